The molecule has 6 nitrogen and oxygen atoms in total. The van der Waals surface area contributed by atoms with Crippen molar-refractivity contribution in [1.29, 1.82) is 0 Å². The van der Waals surface area contributed by atoms with Gasteiger partial charge in [-0.15, -0.1) is 0 Å². The smallest absolute Gasteiger partial charge is 0.261 e. The largest absolute Gasteiger partial charge is 0.378 e. The molecule has 2 heterocycles. The summed E-state index contributed by atoms with van der Waals surface area (Å²) in [5.41, 5.74) is 4.45. The molecule has 0 atom stereocenters. The van der Waals surface area contributed by atoms with Crippen LogP contribution in [0.4, 0.5) is 0 Å². The number of nitrogens with zero attached hydrogens (tertiary/aromatic N) is 3. The SMILES string of the molecule is COCc1cc(Cn2cnc3c(C)cc(C)cc3c2=O)[nH]n1. The highest BCUT2D eigenvalue weighted by Crippen LogP contribution is 2.15. The number of benzene rings is 1. The van der Waals surface area contributed by atoms with Crippen molar-refractivity contribution in [1.82, 2.24) is 19.7 Å². The van der Waals surface area contributed by atoms with Crippen LogP contribution in [-0.4, -0.2) is 26.9 Å². The molecule has 0 amide bonds. The molecule has 3 rings (SSSR count). The highest BCUT2D eigenvalue weighted by atomic mass is 16.5. The maximum absolute atomic E-state index is 12.6. The molecule has 22 heavy (non-hydrogen) atoms. The Kier molecular flexibility index (Phi) is 3.77. The second-order valence-corrected chi connectivity index (χ2v) is 5.47. The van der Waals surface area contributed by atoms with Crippen LogP contribution in [-0.2, 0) is 17.9 Å². The van der Waals surface area contributed by atoms with Gasteiger partial charge in [0.05, 0.1) is 41.8 Å². The quantitative estimate of drug-likeness (QED) is 0.799. The number of aromatic amines is 1. The molecule has 0 aliphatic rings. The van der Waals surface area contributed by atoms with Crippen LogP contribution >= 0.6 is 0 Å². The van der Waals surface area contributed by atoms with Crippen LogP contribution in [0.5, 0.6) is 0 Å². The van der Waals surface area contributed by atoms with E-state index in [1.165, 1.54) is 0 Å². The van der Waals surface area contributed by atoms with Gasteiger partial charge in [0.15, 0.2) is 0 Å². The van der Waals surface area contributed by atoms with E-state index in [9.17, 15) is 4.79 Å². The first-order valence-electron chi connectivity index (χ1n) is 7.07. The molecule has 0 aliphatic heterocycles. The van der Waals surface area contributed by atoms with Crippen molar-refractivity contribution in [3.63, 3.8) is 0 Å². The van der Waals surface area contributed by atoms with Crippen molar-refractivity contribution in [3.8, 4) is 0 Å². The van der Waals surface area contributed by atoms with Gasteiger partial charge in [-0.1, -0.05) is 6.07 Å². The fraction of sp³-hybridized carbons (Fsp3) is 0.312. The number of nitrogens with one attached hydrogen (secondary N) is 1. The summed E-state index contributed by atoms with van der Waals surface area (Å²) < 4.78 is 6.62. The first kappa shape index (κ1) is 14.5. The summed E-state index contributed by atoms with van der Waals surface area (Å²) in [6, 6.07) is 5.81. The van der Waals surface area contributed by atoms with Gasteiger partial charge in [0.25, 0.3) is 5.56 Å². The van der Waals surface area contributed by atoms with Crippen LogP contribution in [0.15, 0.2) is 29.3 Å². The summed E-state index contributed by atoms with van der Waals surface area (Å²) in [4.78, 5) is 17.1. The molecule has 0 fully saturated rings. The Balaban J connectivity index is 2.00. The maximum Gasteiger partial charge on any atom is 0.261 e. The number of aryl methyl sites for hydroxylation is 2. The van der Waals surface area contributed by atoms with Crippen molar-refractivity contribution in [2.24, 2.45) is 0 Å². The fourth-order valence-corrected chi connectivity index (χ4v) is 2.64. The molecule has 2 aromatic heterocycles. The number of hydrogen-bond donors (Lipinski definition) is 1. The van der Waals surface area contributed by atoms with Crippen molar-refractivity contribution < 1.29 is 4.74 Å². The van der Waals surface area contributed by atoms with E-state index >= 15 is 0 Å². The summed E-state index contributed by atoms with van der Waals surface area (Å²) in [7, 11) is 1.62. The highest BCUT2D eigenvalue weighted by molar-refractivity contribution is 5.81. The zero-order chi connectivity index (χ0) is 15.7. The van der Waals surface area contributed by atoms with Crippen LogP contribution in [0.25, 0.3) is 10.9 Å². The third kappa shape index (κ3) is 2.65. The van der Waals surface area contributed by atoms with Gasteiger partial charge in [-0.3, -0.25) is 14.5 Å². The molecule has 114 valence electrons. The summed E-state index contributed by atoms with van der Waals surface area (Å²) in [6.45, 7) is 4.80. The number of fused-ring (bicyclic) bond motifs is 1. The molecular formula is C16H18N4O2. The van der Waals surface area contributed by atoms with E-state index in [-0.39, 0.29) is 5.56 Å². The first-order valence-corrected chi connectivity index (χ1v) is 7.07. The van der Waals surface area contributed by atoms with E-state index in [1.54, 1.807) is 18.0 Å². The summed E-state index contributed by atoms with van der Waals surface area (Å²) in [5.74, 6) is 0. The fourth-order valence-electron chi connectivity index (χ4n) is 2.64. The van der Waals surface area contributed by atoms with Gasteiger partial charge in [-0.25, -0.2) is 4.98 Å². The predicted octanol–water partition coefficient (Wildman–Crippen LogP) is 1.93. The number of aromatic nitrogens is 4. The number of rotatable bonds is 4. The Labute approximate surface area is 127 Å². The van der Waals surface area contributed by atoms with Gasteiger partial charge in [-0.05, 0) is 37.1 Å². The first-order chi connectivity index (χ1) is 10.6. The molecule has 0 saturated carbocycles. The van der Waals surface area contributed by atoms with Crippen molar-refractivity contribution >= 4 is 10.9 Å². The predicted molar refractivity (Wildman–Crippen MR) is 83.9 cm³/mol. The molecule has 6 heteroatoms. The molecule has 0 spiro atoms. The Bertz CT molecular complexity index is 879. The summed E-state index contributed by atoms with van der Waals surface area (Å²) in [6.07, 6.45) is 1.59. The lowest BCUT2D eigenvalue weighted by Crippen LogP contribution is -2.21. The lowest BCUT2D eigenvalue weighted by Gasteiger charge is -2.07. The molecular weight excluding hydrogens is 280 g/mol. The second kappa shape index (κ2) is 5.73. The third-order valence-corrected chi connectivity index (χ3v) is 3.58. The topological polar surface area (TPSA) is 72.8 Å². The van der Waals surface area contributed by atoms with Gasteiger partial charge in [0, 0.05) is 7.11 Å². The van der Waals surface area contributed by atoms with Crippen LogP contribution in [0.1, 0.15) is 22.5 Å². The molecule has 0 bridgehead atoms. The lowest BCUT2D eigenvalue weighted by molar-refractivity contribution is 0.181. The number of H-pyrrole nitrogens is 1. The summed E-state index contributed by atoms with van der Waals surface area (Å²) >= 11 is 0. The minimum atomic E-state index is -0.0420. The van der Waals surface area contributed by atoms with E-state index in [0.717, 1.165) is 28.0 Å². The van der Waals surface area contributed by atoms with Gasteiger partial charge < -0.3 is 4.74 Å². The standard InChI is InChI=1S/C16H18N4O2/c1-10-4-11(2)15-14(5-10)16(21)20(9-17-15)7-12-6-13(8-22-3)19-18-12/h4-6,9H,7-8H2,1-3H3,(H,18,19). The number of methoxy groups -OCH3 is 1. The maximum atomic E-state index is 12.6. The zero-order valence-electron chi connectivity index (χ0n) is 12.9. The second-order valence-electron chi connectivity index (χ2n) is 5.47. The van der Waals surface area contributed by atoms with Gasteiger partial charge in [0.2, 0.25) is 0 Å². The monoisotopic (exact) mass is 298 g/mol. The van der Waals surface area contributed by atoms with Gasteiger partial charge >= 0.3 is 0 Å². The van der Waals surface area contributed by atoms with E-state index in [1.807, 2.05) is 32.0 Å². The van der Waals surface area contributed by atoms with Crippen LogP contribution in [0.2, 0.25) is 0 Å². The van der Waals surface area contributed by atoms with Crippen molar-refractivity contribution in [3.05, 3.63) is 57.4 Å². The highest BCUT2D eigenvalue weighted by Gasteiger charge is 2.09. The van der Waals surface area contributed by atoms with E-state index in [2.05, 4.69) is 15.2 Å². The zero-order valence-corrected chi connectivity index (χ0v) is 12.9. The third-order valence-electron chi connectivity index (χ3n) is 3.58. The van der Waals surface area contributed by atoms with E-state index < -0.39 is 0 Å². The molecule has 0 saturated heterocycles. The Morgan fingerprint density at radius 1 is 1.27 bits per heavy atom. The average molecular weight is 298 g/mol. The Hall–Kier alpha value is -2.47. The Morgan fingerprint density at radius 2 is 2.09 bits per heavy atom. The van der Waals surface area contributed by atoms with Gasteiger partial charge in [-0.2, -0.15) is 5.10 Å². The molecule has 0 unspecified atom stereocenters. The van der Waals surface area contributed by atoms with Crippen molar-refractivity contribution in [2.45, 2.75) is 27.0 Å². The Morgan fingerprint density at radius 3 is 2.86 bits per heavy atom. The number of hydrogen-bond acceptors (Lipinski definition) is 4. The van der Waals surface area contributed by atoms with Crippen LogP contribution < -0.4 is 5.56 Å². The molecule has 0 radical (unpaired) electrons. The van der Waals surface area contributed by atoms with E-state index in [0.29, 0.717) is 18.5 Å². The molecule has 3 aromatic rings. The minimum Gasteiger partial charge on any atom is -0.378 e. The van der Waals surface area contributed by atoms with E-state index in [4.69, 9.17) is 4.74 Å². The lowest BCUT2D eigenvalue weighted by atomic mass is 10.1. The van der Waals surface area contributed by atoms with Crippen LogP contribution in [0.3, 0.4) is 0 Å². The molecule has 1 N–H and O–H groups in total. The average Bonchev–Trinajstić information content (AvgIpc) is 2.90. The van der Waals surface area contributed by atoms with Crippen LogP contribution in [0, 0.1) is 13.8 Å². The number of ether oxygens (including phenoxy) is 1. The van der Waals surface area contributed by atoms with Gasteiger partial charge in [0.1, 0.15) is 0 Å². The minimum absolute atomic E-state index is 0.0420. The normalized spacial score (nSPS) is 11.2. The molecule has 0 aliphatic carbocycles. The van der Waals surface area contributed by atoms with Crippen molar-refractivity contribution in [2.75, 3.05) is 7.11 Å². The molecule has 1 aromatic carbocycles. The summed E-state index contributed by atoms with van der Waals surface area (Å²) in [5, 5.41) is 7.71.